The van der Waals surface area contributed by atoms with Gasteiger partial charge in [-0.25, -0.2) is 9.37 Å². The number of H-pyrrole nitrogens is 1. The van der Waals surface area contributed by atoms with Gasteiger partial charge in [-0.2, -0.15) is 0 Å². The van der Waals surface area contributed by atoms with Gasteiger partial charge < -0.3 is 9.72 Å². The highest BCUT2D eigenvalue weighted by Crippen LogP contribution is 2.40. The molecule has 3 nitrogen and oxygen atoms in total. The molecule has 1 aromatic heterocycles. The van der Waals surface area contributed by atoms with Crippen LogP contribution in [0.5, 0.6) is 5.75 Å². The average molecular weight is 232 g/mol. The summed E-state index contributed by atoms with van der Waals surface area (Å²) < 4.78 is 18.2. The Morgan fingerprint density at radius 1 is 1.41 bits per heavy atom. The Labute approximate surface area is 98.7 Å². The van der Waals surface area contributed by atoms with Crippen LogP contribution in [-0.2, 0) is 0 Å². The van der Waals surface area contributed by atoms with E-state index in [0.717, 1.165) is 17.1 Å². The minimum atomic E-state index is -0.306. The number of aromatic amines is 1. The molecule has 1 N–H and O–H groups in total. The van der Waals surface area contributed by atoms with Crippen molar-refractivity contribution < 1.29 is 9.13 Å². The molecule has 0 atom stereocenters. The molecule has 2 aromatic rings. The first kappa shape index (κ1) is 10.3. The van der Waals surface area contributed by atoms with E-state index in [0.29, 0.717) is 11.7 Å². The molecular weight excluding hydrogens is 219 g/mol. The third kappa shape index (κ3) is 1.90. The van der Waals surface area contributed by atoms with Gasteiger partial charge in [-0.3, -0.25) is 0 Å². The van der Waals surface area contributed by atoms with Crippen molar-refractivity contribution in [3.05, 3.63) is 35.9 Å². The average Bonchev–Trinajstić information content (AvgIpc) is 3.08. The van der Waals surface area contributed by atoms with Gasteiger partial charge in [0.25, 0.3) is 0 Å². The van der Waals surface area contributed by atoms with Crippen LogP contribution >= 0.6 is 0 Å². The number of nitrogens with zero attached hydrogens (tertiary/aromatic N) is 1. The zero-order chi connectivity index (χ0) is 11.8. The van der Waals surface area contributed by atoms with Crippen LogP contribution in [0.1, 0.15) is 24.5 Å². The van der Waals surface area contributed by atoms with Gasteiger partial charge in [0, 0.05) is 23.9 Å². The number of hydrogen-bond acceptors (Lipinski definition) is 2. The van der Waals surface area contributed by atoms with Crippen molar-refractivity contribution in [1.29, 1.82) is 0 Å². The molecule has 0 radical (unpaired) electrons. The number of methoxy groups -OCH3 is 1. The molecule has 1 fully saturated rings. The second-order valence-electron chi connectivity index (χ2n) is 4.31. The van der Waals surface area contributed by atoms with Crippen LogP contribution in [0.3, 0.4) is 0 Å². The van der Waals surface area contributed by atoms with Gasteiger partial charge >= 0.3 is 0 Å². The van der Waals surface area contributed by atoms with Crippen molar-refractivity contribution in [3.8, 4) is 17.1 Å². The van der Waals surface area contributed by atoms with E-state index in [2.05, 4.69) is 9.97 Å². The lowest BCUT2D eigenvalue weighted by Crippen LogP contribution is -1.90. The molecule has 4 heteroatoms. The van der Waals surface area contributed by atoms with Gasteiger partial charge in [-0.1, -0.05) is 0 Å². The molecule has 0 bridgehead atoms. The van der Waals surface area contributed by atoms with E-state index >= 15 is 0 Å². The van der Waals surface area contributed by atoms with Gasteiger partial charge in [0.15, 0.2) is 0 Å². The van der Waals surface area contributed by atoms with Crippen LogP contribution in [0.15, 0.2) is 24.4 Å². The summed E-state index contributed by atoms with van der Waals surface area (Å²) in [4.78, 5) is 7.60. The number of imidazole rings is 1. The molecule has 0 aliphatic heterocycles. The summed E-state index contributed by atoms with van der Waals surface area (Å²) in [6.45, 7) is 0. The number of ether oxygens (including phenoxy) is 1. The molecule has 0 amide bonds. The first-order valence-electron chi connectivity index (χ1n) is 5.67. The molecule has 0 saturated heterocycles. The molecule has 88 valence electrons. The zero-order valence-corrected chi connectivity index (χ0v) is 9.53. The summed E-state index contributed by atoms with van der Waals surface area (Å²) in [5, 5.41) is 0. The summed E-state index contributed by atoms with van der Waals surface area (Å²) in [6.07, 6.45) is 4.31. The van der Waals surface area contributed by atoms with Crippen LogP contribution in [-0.4, -0.2) is 17.1 Å². The number of aromatic nitrogens is 2. The van der Waals surface area contributed by atoms with Crippen LogP contribution in [0.25, 0.3) is 11.4 Å². The molecule has 0 spiro atoms. The SMILES string of the molecule is COc1cc(F)ccc1-c1ncc(C2CC2)[nH]1. The zero-order valence-electron chi connectivity index (χ0n) is 9.53. The highest BCUT2D eigenvalue weighted by atomic mass is 19.1. The fourth-order valence-corrected chi connectivity index (χ4v) is 1.93. The summed E-state index contributed by atoms with van der Waals surface area (Å²) in [7, 11) is 1.53. The first-order chi connectivity index (χ1) is 8.28. The van der Waals surface area contributed by atoms with Crippen molar-refractivity contribution in [2.45, 2.75) is 18.8 Å². The molecule has 1 aromatic carbocycles. The fraction of sp³-hybridized carbons (Fsp3) is 0.308. The Morgan fingerprint density at radius 3 is 2.94 bits per heavy atom. The molecule has 1 aliphatic rings. The van der Waals surface area contributed by atoms with Crippen molar-refractivity contribution in [1.82, 2.24) is 9.97 Å². The summed E-state index contributed by atoms with van der Waals surface area (Å²) in [5.41, 5.74) is 1.95. The number of hydrogen-bond donors (Lipinski definition) is 1. The molecule has 17 heavy (non-hydrogen) atoms. The molecule has 0 unspecified atom stereocenters. The number of rotatable bonds is 3. The van der Waals surface area contributed by atoms with Crippen molar-refractivity contribution in [2.24, 2.45) is 0 Å². The van der Waals surface area contributed by atoms with Gasteiger partial charge in [0.1, 0.15) is 17.4 Å². The van der Waals surface area contributed by atoms with E-state index in [4.69, 9.17) is 4.74 Å². The second kappa shape index (κ2) is 3.87. The predicted molar refractivity (Wildman–Crippen MR) is 62.5 cm³/mol. The van der Waals surface area contributed by atoms with E-state index in [9.17, 15) is 4.39 Å². The standard InChI is InChI=1S/C13H13FN2O/c1-17-12-6-9(14)4-5-10(12)13-15-7-11(16-13)8-2-3-8/h4-8H,2-3H2,1H3,(H,15,16). The Morgan fingerprint density at radius 2 is 2.24 bits per heavy atom. The van der Waals surface area contributed by atoms with Crippen LogP contribution in [0, 0.1) is 5.82 Å². The minimum Gasteiger partial charge on any atom is -0.496 e. The van der Waals surface area contributed by atoms with E-state index in [1.807, 2.05) is 6.20 Å². The fourth-order valence-electron chi connectivity index (χ4n) is 1.93. The third-order valence-electron chi connectivity index (χ3n) is 3.03. The van der Waals surface area contributed by atoms with Crippen molar-refractivity contribution in [2.75, 3.05) is 7.11 Å². The Hall–Kier alpha value is -1.84. The van der Waals surface area contributed by atoms with Gasteiger partial charge in [0.05, 0.1) is 12.7 Å². The molecule has 1 heterocycles. The van der Waals surface area contributed by atoms with E-state index in [1.54, 1.807) is 6.07 Å². The van der Waals surface area contributed by atoms with Crippen LogP contribution in [0.2, 0.25) is 0 Å². The van der Waals surface area contributed by atoms with E-state index in [1.165, 1.54) is 32.1 Å². The Balaban J connectivity index is 2.01. The number of nitrogens with one attached hydrogen (secondary N) is 1. The van der Waals surface area contributed by atoms with Crippen molar-refractivity contribution in [3.63, 3.8) is 0 Å². The maximum atomic E-state index is 13.1. The van der Waals surface area contributed by atoms with Gasteiger partial charge in [-0.05, 0) is 25.0 Å². The lowest BCUT2D eigenvalue weighted by molar-refractivity contribution is 0.412. The highest BCUT2D eigenvalue weighted by molar-refractivity contribution is 5.64. The first-order valence-corrected chi connectivity index (χ1v) is 5.67. The largest absolute Gasteiger partial charge is 0.496 e. The van der Waals surface area contributed by atoms with E-state index in [-0.39, 0.29) is 5.82 Å². The minimum absolute atomic E-state index is 0.306. The molecule has 3 rings (SSSR count). The highest BCUT2D eigenvalue weighted by Gasteiger charge is 2.25. The van der Waals surface area contributed by atoms with E-state index < -0.39 is 0 Å². The van der Waals surface area contributed by atoms with Gasteiger partial charge in [0.2, 0.25) is 0 Å². The summed E-state index contributed by atoms with van der Waals surface area (Å²) in [6, 6.07) is 4.47. The lowest BCUT2D eigenvalue weighted by atomic mass is 10.2. The quantitative estimate of drug-likeness (QED) is 0.883. The normalized spacial score (nSPS) is 14.9. The van der Waals surface area contributed by atoms with Crippen LogP contribution in [0.4, 0.5) is 4.39 Å². The number of halogens is 1. The van der Waals surface area contributed by atoms with Crippen molar-refractivity contribution >= 4 is 0 Å². The monoisotopic (exact) mass is 232 g/mol. The third-order valence-corrected chi connectivity index (χ3v) is 3.03. The Kier molecular flexibility index (Phi) is 2.35. The second-order valence-corrected chi connectivity index (χ2v) is 4.31. The maximum absolute atomic E-state index is 13.1. The summed E-state index contributed by atoms with van der Waals surface area (Å²) >= 11 is 0. The Bertz CT molecular complexity index is 546. The number of benzene rings is 1. The maximum Gasteiger partial charge on any atom is 0.141 e. The predicted octanol–water partition coefficient (Wildman–Crippen LogP) is 3.10. The topological polar surface area (TPSA) is 37.9 Å². The summed E-state index contributed by atoms with van der Waals surface area (Å²) in [5.74, 6) is 1.56. The lowest BCUT2D eigenvalue weighted by Gasteiger charge is -2.05. The van der Waals surface area contributed by atoms with Crippen LogP contribution < -0.4 is 4.74 Å². The van der Waals surface area contributed by atoms with Gasteiger partial charge in [-0.15, -0.1) is 0 Å². The molecule has 1 saturated carbocycles. The smallest absolute Gasteiger partial charge is 0.141 e. The molecular formula is C13H13FN2O. The molecule has 1 aliphatic carbocycles.